The normalized spacial score (nSPS) is 10.7. The van der Waals surface area contributed by atoms with E-state index in [2.05, 4.69) is 18.1 Å². The van der Waals surface area contributed by atoms with Crippen molar-refractivity contribution >= 4 is 11.6 Å². The van der Waals surface area contributed by atoms with Gasteiger partial charge in [-0.1, -0.05) is 24.3 Å². The van der Waals surface area contributed by atoms with Gasteiger partial charge in [0.25, 0.3) is 5.91 Å². The smallest absolute Gasteiger partial charge is 0.274 e. The molecular formula is C16H22N4O. The zero-order valence-corrected chi connectivity index (χ0v) is 13.1. The van der Waals surface area contributed by atoms with E-state index in [-0.39, 0.29) is 5.91 Å². The first-order valence-electron chi connectivity index (χ1n) is 7.08. The van der Waals surface area contributed by atoms with Crippen LogP contribution in [0.4, 0.5) is 5.69 Å². The Labute approximate surface area is 125 Å². The summed E-state index contributed by atoms with van der Waals surface area (Å²) in [5.74, 6) is -0.0821. The largest absolute Gasteiger partial charge is 0.395 e. The molecule has 2 N–H and O–H groups in total. The lowest BCUT2D eigenvalue weighted by Crippen LogP contribution is -2.32. The highest BCUT2D eigenvalue weighted by molar-refractivity contribution is 5.97. The van der Waals surface area contributed by atoms with E-state index in [9.17, 15) is 4.79 Å². The summed E-state index contributed by atoms with van der Waals surface area (Å²) in [4.78, 5) is 14.5. The van der Waals surface area contributed by atoms with Gasteiger partial charge in [-0.05, 0) is 31.9 Å². The van der Waals surface area contributed by atoms with Crippen LogP contribution in [0.15, 0.2) is 24.3 Å². The molecule has 0 spiro atoms. The minimum absolute atomic E-state index is 0.0821. The molecular weight excluding hydrogens is 264 g/mol. The third-order valence-corrected chi connectivity index (χ3v) is 3.76. The van der Waals surface area contributed by atoms with Gasteiger partial charge >= 0.3 is 0 Å². The molecule has 0 radical (unpaired) electrons. The average molecular weight is 286 g/mol. The highest BCUT2D eigenvalue weighted by Crippen LogP contribution is 2.19. The Bertz CT molecular complexity index is 660. The molecule has 0 aliphatic rings. The predicted molar refractivity (Wildman–Crippen MR) is 84.0 cm³/mol. The van der Waals surface area contributed by atoms with Crippen molar-refractivity contribution in [3.63, 3.8) is 0 Å². The number of rotatable bonds is 4. The maximum atomic E-state index is 12.7. The van der Waals surface area contributed by atoms with Gasteiger partial charge in [0.05, 0.1) is 11.4 Å². The van der Waals surface area contributed by atoms with Gasteiger partial charge in [-0.3, -0.25) is 9.48 Å². The number of anilines is 1. The molecule has 2 aromatic rings. The standard InChI is InChI=1S/C16H22N4O/c1-5-20(10-13-9-7-6-8-11(13)2)16(21)15-14(17)12(3)18-19(15)4/h6-9H,5,10,17H2,1-4H3. The second-order valence-corrected chi connectivity index (χ2v) is 5.22. The van der Waals surface area contributed by atoms with Crippen molar-refractivity contribution in [2.45, 2.75) is 27.3 Å². The van der Waals surface area contributed by atoms with E-state index in [1.165, 1.54) is 5.56 Å². The number of nitrogens with zero attached hydrogens (tertiary/aromatic N) is 3. The molecule has 0 aliphatic carbocycles. The molecule has 1 heterocycles. The first-order chi connectivity index (χ1) is 9.95. The number of nitrogens with two attached hydrogens (primary N) is 1. The molecule has 0 aliphatic heterocycles. The molecule has 1 amide bonds. The molecule has 0 saturated carbocycles. The van der Waals surface area contributed by atoms with Crippen molar-refractivity contribution in [1.82, 2.24) is 14.7 Å². The van der Waals surface area contributed by atoms with Crippen LogP contribution in [-0.4, -0.2) is 27.1 Å². The minimum atomic E-state index is -0.0821. The van der Waals surface area contributed by atoms with Crippen LogP contribution in [0.2, 0.25) is 0 Å². The van der Waals surface area contributed by atoms with Crippen molar-refractivity contribution in [1.29, 1.82) is 0 Å². The molecule has 0 bridgehead atoms. The van der Waals surface area contributed by atoms with Crippen molar-refractivity contribution in [3.05, 3.63) is 46.8 Å². The molecule has 1 aromatic heterocycles. The second-order valence-electron chi connectivity index (χ2n) is 5.22. The van der Waals surface area contributed by atoms with E-state index in [0.29, 0.717) is 30.2 Å². The maximum absolute atomic E-state index is 12.7. The first-order valence-corrected chi connectivity index (χ1v) is 7.08. The third-order valence-electron chi connectivity index (χ3n) is 3.76. The van der Waals surface area contributed by atoms with Gasteiger partial charge in [0.1, 0.15) is 5.69 Å². The van der Waals surface area contributed by atoms with Gasteiger partial charge in [0.15, 0.2) is 0 Å². The van der Waals surface area contributed by atoms with Crippen molar-refractivity contribution in [2.24, 2.45) is 7.05 Å². The molecule has 0 fully saturated rings. The van der Waals surface area contributed by atoms with Gasteiger partial charge in [0, 0.05) is 20.1 Å². The van der Waals surface area contributed by atoms with E-state index in [0.717, 1.165) is 5.56 Å². The Morgan fingerprint density at radius 3 is 2.52 bits per heavy atom. The second kappa shape index (κ2) is 5.99. The van der Waals surface area contributed by atoms with Crippen LogP contribution in [0.5, 0.6) is 0 Å². The Morgan fingerprint density at radius 1 is 1.33 bits per heavy atom. The third kappa shape index (κ3) is 2.91. The van der Waals surface area contributed by atoms with Crippen LogP contribution in [0.25, 0.3) is 0 Å². The summed E-state index contributed by atoms with van der Waals surface area (Å²) in [6.45, 7) is 7.03. The predicted octanol–water partition coefficient (Wildman–Crippen LogP) is 2.28. The Morgan fingerprint density at radius 2 is 2.00 bits per heavy atom. The number of aromatic nitrogens is 2. The minimum Gasteiger partial charge on any atom is -0.395 e. The zero-order chi connectivity index (χ0) is 15.6. The first kappa shape index (κ1) is 15.1. The fraction of sp³-hybridized carbons (Fsp3) is 0.375. The zero-order valence-electron chi connectivity index (χ0n) is 13.1. The Balaban J connectivity index is 2.29. The van der Waals surface area contributed by atoms with Crippen LogP contribution < -0.4 is 5.73 Å². The monoisotopic (exact) mass is 286 g/mol. The lowest BCUT2D eigenvalue weighted by atomic mass is 10.1. The number of aryl methyl sites for hydroxylation is 3. The molecule has 2 rings (SSSR count). The number of carbonyl (C=O) groups excluding carboxylic acids is 1. The van der Waals surface area contributed by atoms with E-state index < -0.39 is 0 Å². The van der Waals surface area contributed by atoms with Crippen LogP contribution in [0.1, 0.15) is 34.2 Å². The summed E-state index contributed by atoms with van der Waals surface area (Å²) in [6.07, 6.45) is 0. The van der Waals surface area contributed by atoms with Crippen LogP contribution in [0, 0.1) is 13.8 Å². The van der Waals surface area contributed by atoms with Gasteiger partial charge in [-0.2, -0.15) is 5.10 Å². The van der Waals surface area contributed by atoms with Gasteiger partial charge in [-0.15, -0.1) is 0 Å². The molecule has 21 heavy (non-hydrogen) atoms. The summed E-state index contributed by atoms with van der Waals surface area (Å²) in [7, 11) is 1.75. The fourth-order valence-corrected chi connectivity index (χ4v) is 2.40. The van der Waals surface area contributed by atoms with E-state index >= 15 is 0 Å². The Hall–Kier alpha value is -2.30. The summed E-state index contributed by atoms with van der Waals surface area (Å²) in [6, 6.07) is 8.09. The molecule has 0 unspecified atom stereocenters. The van der Waals surface area contributed by atoms with Gasteiger partial charge in [0.2, 0.25) is 0 Å². The molecule has 0 atom stereocenters. The van der Waals surface area contributed by atoms with Crippen LogP contribution in [0.3, 0.4) is 0 Å². The number of hydrogen-bond acceptors (Lipinski definition) is 3. The number of carbonyl (C=O) groups is 1. The summed E-state index contributed by atoms with van der Waals surface area (Å²) in [5.41, 5.74) is 9.92. The van der Waals surface area contributed by atoms with E-state index in [1.807, 2.05) is 32.0 Å². The van der Waals surface area contributed by atoms with Crippen molar-refractivity contribution in [3.8, 4) is 0 Å². The summed E-state index contributed by atoms with van der Waals surface area (Å²) >= 11 is 0. The Kier molecular flexibility index (Phi) is 4.31. The van der Waals surface area contributed by atoms with Gasteiger partial charge < -0.3 is 10.6 Å². The van der Waals surface area contributed by atoms with Crippen molar-refractivity contribution < 1.29 is 4.79 Å². The number of benzene rings is 1. The molecule has 5 nitrogen and oxygen atoms in total. The number of amides is 1. The lowest BCUT2D eigenvalue weighted by Gasteiger charge is -2.22. The van der Waals surface area contributed by atoms with Gasteiger partial charge in [-0.25, -0.2) is 0 Å². The van der Waals surface area contributed by atoms with Crippen LogP contribution in [-0.2, 0) is 13.6 Å². The summed E-state index contributed by atoms with van der Waals surface area (Å²) < 4.78 is 1.56. The maximum Gasteiger partial charge on any atom is 0.274 e. The average Bonchev–Trinajstić information content (AvgIpc) is 2.70. The molecule has 112 valence electrons. The topological polar surface area (TPSA) is 64.2 Å². The van der Waals surface area contributed by atoms with E-state index in [4.69, 9.17) is 5.73 Å². The van der Waals surface area contributed by atoms with E-state index in [1.54, 1.807) is 16.6 Å². The number of nitrogen functional groups attached to an aromatic ring is 1. The quantitative estimate of drug-likeness (QED) is 0.937. The van der Waals surface area contributed by atoms with Crippen molar-refractivity contribution in [2.75, 3.05) is 12.3 Å². The number of hydrogen-bond donors (Lipinski definition) is 1. The highest BCUT2D eigenvalue weighted by Gasteiger charge is 2.23. The SMILES string of the molecule is CCN(Cc1ccccc1C)C(=O)c1c(N)c(C)nn1C. The lowest BCUT2D eigenvalue weighted by molar-refractivity contribution is 0.0742. The van der Waals surface area contributed by atoms with Crippen LogP contribution >= 0.6 is 0 Å². The summed E-state index contributed by atoms with van der Waals surface area (Å²) in [5, 5.41) is 4.22. The molecule has 5 heteroatoms. The highest BCUT2D eigenvalue weighted by atomic mass is 16.2. The molecule has 0 saturated heterocycles. The molecule has 1 aromatic carbocycles. The fourth-order valence-electron chi connectivity index (χ4n) is 2.40.